The molecule has 8 heteroatoms. The number of rotatable bonds is 11. The molecular weight excluding hydrogens is 515 g/mol. The van der Waals surface area contributed by atoms with Crippen molar-refractivity contribution < 1.29 is 22.7 Å². The van der Waals surface area contributed by atoms with Gasteiger partial charge in [-0.2, -0.15) is 13.2 Å². The number of benzene rings is 2. The highest BCUT2D eigenvalue weighted by Crippen LogP contribution is 2.45. The molecule has 4 atom stereocenters. The summed E-state index contributed by atoms with van der Waals surface area (Å²) >= 11 is 0. The number of carbonyl (C=O) groups excluding carboxylic acids is 1. The molecule has 0 saturated carbocycles. The summed E-state index contributed by atoms with van der Waals surface area (Å²) < 4.78 is 45.4. The second kappa shape index (κ2) is 12.9. The molecule has 2 aliphatic heterocycles. The van der Waals surface area contributed by atoms with Crippen molar-refractivity contribution in [2.75, 3.05) is 33.8 Å². The van der Waals surface area contributed by atoms with Crippen LogP contribution in [0, 0.1) is 19.8 Å². The molecule has 4 unspecified atom stereocenters. The molecule has 2 aliphatic rings. The zero-order valence-corrected chi connectivity index (χ0v) is 24.5. The fourth-order valence-electron chi connectivity index (χ4n) is 6.61. The quantitative estimate of drug-likeness (QED) is 0.309. The lowest BCUT2D eigenvalue weighted by Crippen LogP contribution is -2.49. The molecule has 0 aromatic heterocycles. The molecule has 1 N–H and O–H groups in total. The molecule has 2 bridgehead atoms. The number of hydrogen-bond donors (Lipinski definition) is 1. The van der Waals surface area contributed by atoms with Crippen LogP contribution in [0.1, 0.15) is 84.1 Å². The summed E-state index contributed by atoms with van der Waals surface area (Å²) in [4.78, 5) is 17.6. The first-order valence-corrected chi connectivity index (χ1v) is 14.6. The summed E-state index contributed by atoms with van der Waals surface area (Å²) in [6, 6.07) is 10.0. The van der Waals surface area contributed by atoms with Crippen LogP contribution in [-0.4, -0.2) is 61.6 Å². The van der Waals surface area contributed by atoms with E-state index < -0.39 is 17.6 Å². The lowest BCUT2D eigenvalue weighted by Gasteiger charge is -2.44. The predicted molar refractivity (Wildman–Crippen MR) is 153 cm³/mol. The lowest BCUT2D eigenvalue weighted by atomic mass is 9.86. The third kappa shape index (κ3) is 7.00. The maximum absolute atomic E-state index is 13.1. The van der Waals surface area contributed by atoms with Gasteiger partial charge in [-0.15, -0.1) is 0 Å². The van der Waals surface area contributed by atoms with E-state index in [1.165, 1.54) is 28.8 Å². The van der Waals surface area contributed by atoms with Crippen molar-refractivity contribution in [3.8, 4) is 5.75 Å². The van der Waals surface area contributed by atoms with Crippen LogP contribution in [-0.2, 0) is 6.18 Å². The lowest BCUT2D eigenvalue weighted by molar-refractivity contribution is -0.137. The van der Waals surface area contributed by atoms with Gasteiger partial charge in [0, 0.05) is 30.2 Å². The topological polar surface area (TPSA) is 44.8 Å². The third-order valence-corrected chi connectivity index (χ3v) is 8.93. The Balaban J connectivity index is 1.39. The Morgan fingerprint density at radius 2 is 1.82 bits per heavy atom. The average molecular weight is 560 g/mol. The monoisotopic (exact) mass is 559 g/mol. The van der Waals surface area contributed by atoms with Crippen LogP contribution in [0.25, 0.3) is 0 Å². The highest BCUT2D eigenvalue weighted by atomic mass is 19.4. The van der Waals surface area contributed by atoms with Crippen LogP contribution in [0.4, 0.5) is 13.2 Å². The Morgan fingerprint density at radius 3 is 2.55 bits per heavy atom. The molecule has 2 saturated heterocycles. The van der Waals surface area contributed by atoms with E-state index in [1.807, 2.05) is 0 Å². The Kier molecular flexibility index (Phi) is 9.83. The van der Waals surface area contributed by atoms with Gasteiger partial charge in [-0.05, 0) is 127 Å². The number of nitrogens with zero attached hydrogens (tertiary/aromatic N) is 2. The second-order valence-corrected chi connectivity index (χ2v) is 11.8. The summed E-state index contributed by atoms with van der Waals surface area (Å²) in [5.74, 6) is 0.770. The van der Waals surface area contributed by atoms with E-state index in [2.05, 4.69) is 62.1 Å². The molecule has 0 aliphatic carbocycles. The smallest absolute Gasteiger partial charge is 0.416 e. The molecule has 0 radical (unpaired) electrons. The molecule has 5 nitrogen and oxygen atoms in total. The molecule has 2 heterocycles. The van der Waals surface area contributed by atoms with Gasteiger partial charge in [0.1, 0.15) is 5.75 Å². The molecule has 4 rings (SSSR count). The van der Waals surface area contributed by atoms with Crippen LogP contribution in [0.15, 0.2) is 36.4 Å². The number of piperidine rings is 1. The van der Waals surface area contributed by atoms with E-state index in [1.54, 1.807) is 0 Å². The molecule has 220 valence electrons. The highest BCUT2D eigenvalue weighted by molar-refractivity contribution is 5.94. The minimum atomic E-state index is -4.47. The zero-order chi connectivity index (χ0) is 29.0. The normalized spacial score (nSPS) is 22.0. The number of ether oxygens (including phenoxy) is 1. The third-order valence-electron chi connectivity index (χ3n) is 8.93. The Labute approximate surface area is 237 Å². The van der Waals surface area contributed by atoms with Crippen molar-refractivity contribution in [3.63, 3.8) is 0 Å². The van der Waals surface area contributed by atoms with E-state index in [0.717, 1.165) is 63.0 Å². The predicted octanol–water partition coefficient (Wildman–Crippen LogP) is 6.78. The van der Waals surface area contributed by atoms with Crippen molar-refractivity contribution in [1.82, 2.24) is 15.1 Å². The molecule has 2 aromatic rings. The number of carbonyl (C=O) groups is 1. The summed E-state index contributed by atoms with van der Waals surface area (Å²) in [7, 11) is 4.17. The van der Waals surface area contributed by atoms with Gasteiger partial charge >= 0.3 is 6.18 Å². The van der Waals surface area contributed by atoms with Gasteiger partial charge < -0.3 is 15.0 Å². The largest absolute Gasteiger partial charge is 0.493 e. The van der Waals surface area contributed by atoms with Gasteiger partial charge in [-0.1, -0.05) is 12.1 Å². The van der Waals surface area contributed by atoms with Gasteiger partial charge in [0.2, 0.25) is 0 Å². The number of hydrogen-bond acceptors (Lipinski definition) is 4. The molecule has 40 heavy (non-hydrogen) atoms. The summed E-state index contributed by atoms with van der Waals surface area (Å²) in [5.41, 5.74) is 3.00. The van der Waals surface area contributed by atoms with Gasteiger partial charge in [-0.3, -0.25) is 9.69 Å². The van der Waals surface area contributed by atoms with E-state index in [0.29, 0.717) is 25.2 Å². The summed E-state index contributed by atoms with van der Waals surface area (Å²) in [6.07, 6.45) is 1.96. The van der Waals surface area contributed by atoms with Crippen LogP contribution in [0.2, 0.25) is 0 Å². The first-order valence-electron chi connectivity index (χ1n) is 14.6. The van der Waals surface area contributed by atoms with Crippen LogP contribution in [0.5, 0.6) is 5.75 Å². The Bertz CT molecular complexity index is 1170. The van der Waals surface area contributed by atoms with Crippen LogP contribution >= 0.6 is 0 Å². The maximum atomic E-state index is 13.1. The SMILES string of the molecule is Cc1c(OCCCCN(C)C)ccc(C(C)N2C3CCC(CNC(=O)c4cccc(C(F)(F)F)c4)C2CC3)c1C. The van der Waals surface area contributed by atoms with Crippen molar-refractivity contribution in [1.29, 1.82) is 0 Å². The Hall–Kier alpha value is -2.58. The van der Waals surface area contributed by atoms with Crippen molar-refractivity contribution in [3.05, 3.63) is 64.2 Å². The summed E-state index contributed by atoms with van der Waals surface area (Å²) in [6.45, 7) is 8.84. The maximum Gasteiger partial charge on any atom is 0.416 e. The van der Waals surface area contributed by atoms with Gasteiger partial charge in [-0.25, -0.2) is 0 Å². The van der Waals surface area contributed by atoms with Crippen LogP contribution in [0.3, 0.4) is 0 Å². The molecule has 2 aromatic carbocycles. The number of amides is 1. The first-order chi connectivity index (χ1) is 19.0. The number of unbranched alkanes of at least 4 members (excludes halogenated alkanes) is 1. The molecular formula is C32H44F3N3O2. The zero-order valence-electron chi connectivity index (χ0n) is 24.5. The minimum absolute atomic E-state index is 0.0475. The standard InChI is InChI=1S/C32H44F3N3O2/c1-21-22(2)30(40-18-7-6-17-37(4)5)16-14-28(21)23(3)38-27-12-11-25(29(38)15-13-27)20-36-31(39)24-9-8-10-26(19-24)32(33,34)35/h8-10,14,16,19,23,25,27,29H,6-7,11-13,15,17-18,20H2,1-5H3,(H,36,39). The molecule has 1 amide bonds. The molecule has 0 spiro atoms. The first kappa shape index (κ1) is 30.4. The van der Waals surface area contributed by atoms with Crippen LogP contribution < -0.4 is 10.1 Å². The van der Waals surface area contributed by atoms with Crippen molar-refractivity contribution in [2.24, 2.45) is 5.92 Å². The van der Waals surface area contributed by atoms with Gasteiger partial charge in [0.05, 0.1) is 12.2 Å². The second-order valence-electron chi connectivity index (χ2n) is 11.8. The molecule has 2 fully saturated rings. The fraction of sp³-hybridized carbons (Fsp3) is 0.594. The summed E-state index contributed by atoms with van der Waals surface area (Å²) in [5, 5.41) is 2.94. The number of halogens is 3. The fourth-order valence-corrected chi connectivity index (χ4v) is 6.61. The average Bonchev–Trinajstić information content (AvgIpc) is 3.22. The van der Waals surface area contributed by atoms with E-state index >= 15 is 0 Å². The van der Waals surface area contributed by atoms with Gasteiger partial charge in [0.25, 0.3) is 5.91 Å². The number of nitrogens with one attached hydrogen (secondary N) is 1. The van der Waals surface area contributed by atoms with Crippen molar-refractivity contribution in [2.45, 2.75) is 83.6 Å². The highest BCUT2D eigenvalue weighted by Gasteiger charge is 2.44. The number of alkyl halides is 3. The van der Waals surface area contributed by atoms with E-state index in [-0.39, 0.29) is 17.5 Å². The van der Waals surface area contributed by atoms with E-state index in [4.69, 9.17) is 4.74 Å². The van der Waals surface area contributed by atoms with E-state index in [9.17, 15) is 18.0 Å². The Morgan fingerprint density at radius 1 is 1.07 bits per heavy atom. The van der Waals surface area contributed by atoms with Crippen molar-refractivity contribution >= 4 is 5.91 Å². The van der Waals surface area contributed by atoms with Gasteiger partial charge in [0.15, 0.2) is 0 Å². The number of fused-ring (bicyclic) bond motifs is 2. The minimum Gasteiger partial charge on any atom is -0.493 e.